The lowest BCUT2D eigenvalue weighted by atomic mass is 10.0. The lowest BCUT2D eigenvalue weighted by Crippen LogP contribution is -2.37. The van der Waals surface area contributed by atoms with E-state index in [1.54, 1.807) is 20.3 Å². The molecule has 0 fully saturated rings. The van der Waals surface area contributed by atoms with Crippen molar-refractivity contribution >= 4 is 17.2 Å². The fourth-order valence-electron chi connectivity index (χ4n) is 2.05. The van der Waals surface area contributed by atoms with Gasteiger partial charge in [-0.05, 0) is 24.1 Å². The highest BCUT2D eigenvalue weighted by molar-refractivity contribution is 6.29. The number of rotatable bonds is 5. The fourth-order valence-corrected chi connectivity index (χ4v) is 2.15. The van der Waals surface area contributed by atoms with Gasteiger partial charge in [-0.1, -0.05) is 17.7 Å². The molecular weight excluding hydrogens is 266 g/mol. The summed E-state index contributed by atoms with van der Waals surface area (Å²) in [7, 11) is 3.31. The van der Waals surface area contributed by atoms with Gasteiger partial charge in [0.2, 0.25) is 0 Å². The molecule has 0 radical (unpaired) electrons. The number of halogens is 1. The van der Waals surface area contributed by atoms with Crippen molar-refractivity contribution in [2.45, 2.75) is 12.7 Å². The Kier molecular flexibility index (Phi) is 5.27. The number of nitrogens with zero attached hydrogens (tertiary/aromatic N) is 3. The van der Waals surface area contributed by atoms with E-state index in [-0.39, 0.29) is 6.29 Å². The first kappa shape index (κ1) is 14.4. The van der Waals surface area contributed by atoms with Crippen molar-refractivity contribution in [1.82, 2.24) is 15.1 Å². The van der Waals surface area contributed by atoms with Crippen LogP contribution in [0.25, 0.3) is 5.57 Å². The van der Waals surface area contributed by atoms with Crippen LogP contribution in [0, 0.1) is 0 Å². The van der Waals surface area contributed by atoms with E-state index >= 15 is 0 Å². The molecule has 0 atom stereocenters. The van der Waals surface area contributed by atoms with E-state index in [1.807, 2.05) is 6.07 Å². The SMILES string of the molecule is COC(CN1CC=C(c2ccc(Cl)nn2)CC1)OC. The quantitative estimate of drug-likeness (QED) is 0.772. The van der Waals surface area contributed by atoms with Gasteiger partial charge in [-0.15, -0.1) is 10.2 Å². The highest BCUT2D eigenvalue weighted by Crippen LogP contribution is 2.21. The third kappa shape index (κ3) is 3.98. The minimum atomic E-state index is -0.176. The smallest absolute Gasteiger partial charge is 0.169 e. The lowest BCUT2D eigenvalue weighted by Gasteiger charge is -2.28. The van der Waals surface area contributed by atoms with Gasteiger partial charge in [0.1, 0.15) is 0 Å². The van der Waals surface area contributed by atoms with Crippen LogP contribution in [0.5, 0.6) is 0 Å². The Balaban J connectivity index is 1.94. The average Bonchev–Trinajstić information content (AvgIpc) is 2.46. The van der Waals surface area contributed by atoms with E-state index in [0.717, 1.165) is 31.7 Å². The molecule has 2 rings (SSSR count). The van der Waals surface area contributed by atoms with E-state index in [9.17, 15) is 0 Å². The Morgan fingerprint density at radius 2 is 2.11 bits per heavy atom. The third-order valence-electron chi connectivity index (χ3n) is 3.19. The van der Waals surface area contributed by atoms with Crippen LogP contribution >= 0.6 is 11.6 Å². The summed E-state index contributed by atoms with van der Waals surface area (Å²) in [6.45, 7) is 2.59. The molecule has 0 N–H and O–H groups in total. The minimum absolute atomic E-state index is 0.176. The van der Waals surface area contributed by atoms with Crippen molar-refractivity contribution in [3.63, 3.8) is 0 Å². The van der Waals surface area contributed by atoms with E-state index in [2.05, 4.69) is 21.2 Å². The molecule has 104 valence electrons. The molecule has 1 aromatic rings. The van der Waals surface area contributed by atoms with Crippen molar-refractivity contribution < 1.29 is 9.47 Å². The molecule has 1 aromatic heterocycles. The second kappa shape index (κ2) is 6.96. The zero-order valence-electron chi connectivity index (χ0n) is 11.2. The van der Waals surface area contributed by atoms with E-state index in [1.165, 1.54) is 5.57 Å². The zero-order chi connectivity index (χ0) is 13.7. The molecule has 1 aliphatic heterocycles. The van der Waals surface area contributed by atoms with Gasteiger partial charge < -0.3 is 9.47 Å². The maximum Gasteiger partial charge on any atom is 0.169 e. The number of hydrogen-bond acceptors (Lipinski definition) is 5. The van der Waals surface area contributed by atoms with Crippen LogP contribution in [-0.2, 0) is 9.47 Å². The molecule has 19 heavy (non-hydrogen) atoms. The third-order valence-corrected chi connectivity index (χ3v) is 3.39. The molecule has 0 amide bonds. The molecule has 0 unspecified atom stereocenters. The highest BCUT2D eigenvalue weighted by atomic mass is 35.5. The molecule has 6 heteroatoms. The molecule has 2 heterocycles. The number of ether oxygens (including phenoxy) is 2. The second-order valence-electron chi connectivity index (χ2n) is 4.38. The van der Waals surface area contributed by atoms with Gasteiger partial charge in [-0.3, -0.25) is 4.90 Å². The molecule has 0 spiro atoms. The van der Waals surface area contributed by atoms with E-state index in [0.29, 0.717) is 5.15 Å². The van der Waals surface area contributed by atoms with Crippen molar-refractivity contribution in [2.75, 3.05) is 33.9 Å². The topological polar surface area (TPSA) is 47.5 Å². The molecule has 0 aliphatic carbocycles. The van der Waals surface area contributed by atoms with Gasteiger partial charge in [0.25, 0.3) is 0 Å². The summed E-state index contributed by atoms with van der Waals surface area (Å²) >= 11 is 5.73. The predicted molar refractivity (Wildman–Crippen MR) is 73.9 cm³/mol. The monoisotopic (exact) mass is 283 g/mol. The second-order valence-corrected chi connectivity index (χ2v) is 4.77. The molecular formula is C13H18ClN3O2. The predicted octanol–water partition coefficient (Wildman–Crippen LogP) is 1.84. The molecule has 0 saturated heterocycles. The molecule has 0 bridgehead atoms. The van der Waals surface area contributed by atoms with Crippen LogP contribution in [0.2, 0.25) is 5.15 Å². The normalized spacial score (nSPS) is 16.7. The summed E-state index contributed by atoms with van der Waals surface area (Å²) in [6, 6.07) is 3.67. The largest absolute Gasteiger partial charge is 0.355 e. The lowest BCUT2D eigenvalue weighted by molar-refractivity contribution is -0.115. The first-order chi connectivity index (χ1) is 9.22. The molecule has 1 aliphatic rings. The Morgan fingerprint density at radius 3 is 2.63 bits per heavy atom. The van der Waals surface area contributed by atoms with Gasteiger partial charge in [0.05, 0.1) is 5.69 Å². The summed E-state index contributed by atoms with van der Waals surface area (Å²) in [5, 5.41) is 8.39. The summed E-state index contributed by atoms with van der Waals surface area (Å²) in [4.78, 5) is 2.28. The maximum atomic E-state index is 5.73. The van der Waals surface area contributed by atoms with Gasteiger partial charge in [0, 0.05) is 33.9 Å². The van der Waals surface area contributed by atoms with Gasteiger partial charge in [-0.2, -0.15) is 0 Å². The van der Waals surface area contributed by atoms with Crippen LogP contribution in [0.15, 0.2) is 18.2 Å². The van der Waals surface area contributed by atoms with Crippen LogP contribution < -0.4 is 0 Å². The summed E-state index contributed by atoms with van der Waals surface area (Å²) in [6.07, 6.45) is 2.94. The maximum absolute atomic E-state index is 5.73. The minimum Gasteiger partial charge on any atom is -0.355 e. The van der Waals surface area contributed by atoms with Gasteiger partial charge >= 0.3 is 0 Å². The van der Waals surface area contributed by atoms with Crippen LogP contribution in [0.4, 0.5) is 0 Å². The number of methoxy groups -OCH3 is 2. The molecule has 5 nitrogen and oxygen atoms in total. The summed E-state index contributed by atoms with van der Waals surface area (Å²) < 4.78 is 10.4. The summed E-state index contributed by atoms with van der Waals surface area (Å²) in [5.74, 6) is 0. The van der Waals surface area contributed by atoms with Gasteiger partial charge in [0.15, 0.2) is 11.4 Å². The van der Waals surface area contributed by atoms with Crippen LogP contribution in [-0.4, -0.2) is 55.2 Å². The standard InChI is InChI=1S/C13H18ClN3O2/c1-18-13(19-2)9-17-7-5-10(6-8-17)11-3-4-12(14)16-15-11/h3-5,13H,6-9H2,1-2H3. The van der Waals surface area contributed by atoms with E-state index < -0.39 is 0 Å². The molecule has 0 aromatic carbocycles. The Hall–Kier alpha value is -1.01. The first-order valence-electron chi connectivity index (χ1n) is 6.19. The van der Waals surface area contributed by atoms with Gasteiger partial charge in [-0.25, -0.2) is 0 Å². The van der Waals surface area contributed by atoms with E-state index in [4.69, 9.17) is 21.1 Å². The Morgan fingerprint density at radius 1 is 1.32 bits per heavy atom. The van der Waals surface area contributed by atoms with Crippen molar-refractivity contribution in [1.29, 1.82) is 0 Å². The fraction of sp³-hybridized carbons (Fsp3) is 0.538. The first-order valence-corrected chi connectivity index (χ1v) is 6.57. The average molecular weight is 284 g/mol. The molecule has 0 saturated carbocycles. The number of aromatic nitrogens is 2. The summed E-state index contributed by atoms with van der Waals surface area (Å²) in [5.41, 5.74) is 2.12. The van der Waals surface area contributed by atoms with Crippen molar-refractivity contribution in [2.24, 2.45) is 0 Å². The van der Waals surface area contributed by atoms with Crippen molar-refractivity contribution in [3.05, 3.63) is 29.1 Å². The highest BCUT2D eigenvalue weighted by Gasteiger charge is 2.17. The van der Waals surface area contributed by atoms with Crippen molar-refractivity contribution in [3.8, 4) is 0 Å². The zero-order valence-corrected chi connectivity index (χ0v) is 11.9. The Labute approximate surface area is 118 Å². The number of hydrogen-bond donors (Lipinski definition) is 0. The Bertz CT molecular complexity index is 432. The van der Waals surface area contributed by atoms with Crippen LogP contribution in [0.1, 0.15) is 12.1 Å². The van der Waals surface area contributed by atoms with Crippen LogP contribution in [0.3, 0.4) is 0 Å².